The van der Waals surface area contributed by atoms with Gasteiger partial charge in [0.25, 0.3) is 0 Å². The van der Waals surface area contributed by atoms with Crippen molar-refractivity contribution in [3.05, 3.63) is 34.4 Å². The smallest absolute Gasteiger partial charge is 0.0195 e. The molecule has 1 fully saturated rings. The Hall–Kier alpha value is -0.470. The van der Waals surface area contributed by atoms with Crippen LogP contribution in [-0.2, 0) is 6.42 Å². The third kappa shape index (κ3) is 5.03. The molecule has 1 atom stereocenters. The van der Waals surface area contributed by atoms with Crippen LogP contribution in [0.1, 0.15) is 54.4 Å². The molecule has 1 N–H and O–H groups in total. The summed E-state index contributed by atoms with van der Waals surface area (Å²) >= 11 is 2.20. The highest BCUT2D eigenvalue weighted by Crippen LogP contribution is 2.29. The van der Waals surface area contributed by atoms with Crippen LogP contribution in [0.25, 0.3) is 0 Å². The maximum absolute atomic E-state index is 3.54. The van der Waals surface area contributed by atoms with Gasteiger partial charge in [-0.25, -0.2) is 0 Å². The number of nitrogens with one attached hydrogen (secondary N) is 1. The van der Waals surface area contributed by atoms with Gasteiger partial charge in [0.05, 0.1) is 0 Å². The Balaban J connectivity index is 1.92. The fraction of sp³-hybridized carbons (Fsp3) is 0.684. The van der Waals surface area contributed by atoms with Crippen molar-refractivity contribution in [2.45, 2.75) is 70.6 Å². The van der Waals surface area contributed by atoms with Gasteiger partial charge < -0.3 is 5.32 Å². The minimum atomic E-state index is 0.594. The van der Waals surface area contributed by atoms with Crippen molar-refractivity contribution in [2.75, 3.05) is 12.8 Å². The Morgan fingerprint density at radius 2 is 1.71 bits per heavy atom. The van der Waals surface area contributed by atoms with Gasteiger partial charge in [-0.1, -0.05) is 37.0 Å². The van der Waals surface area contributed by atoms with Crippen molar-refractivity contribution in [1.82, 2.24) is 5.32 Å². The first kappa shape index (κ1) is 16.9. The molecule has 0 bridgehead atoms. The molecule has 0 aliphatic heterocycles. The third-order valence-electron chi connectivity index (χ3n) is 4.78. The van der Waals surface area contributed by atoms with Crippen molar-refractivity contribution >= 4 is 11.8 Å². The molecule has 2 rings (SSSR count). The molecule has 21 heavy (non-hydrogen) atoms. The van der Waals surface area contributed by atoms with Gasteiger partial charge in [-0.3, -0.25) is 0 Å². The first-order valence-corrected chi connectivity index (χ1v) is 9.50. The first-order chi connectivity index (χ1) is 10.1. The Labute approximate surface area is 135 Å². The highest BCUT2D eigenvalue weighted by molar-refractivity contribution is 7.99. The minimum absolute atomic E-state index is 0.594. The average molecular weight is 306 g/mol. The minimum Gasteiger partial charge on any atom is -0.316 e. The zero-order chi connectivity index (χ0) is 15.2. The van der Waals surface area contributed by atoms with Gasteiger partial charge >= 0.3 is 0 Å². The van der Waals surface area contributed by atoms with Crippen LogP contribution in [0.5, 0.6) is 0 Å². The van der Waals surface area contributed by atoms with E-state index in [9.17, 15) is 0 Å². The second-order valence-electron chi connectivity index (χ2n) is 6.66. The second kappa shape index (κ2) is 8.24. The summed E-state index contributed by atoms with van der Waals surface area (Å²) in [4.78, 5) is 0. The summed E-state index contributed by atoms with van der Waals surface area (Å²) in [5.41, 5.74) is 5.83. The molecule has 2 heteroatoms. The molecule has 0 heterocycles. The lowest BCUT2D eigenvalue weighted by Gasteiger charge is -2.25. The van der Waals surface area contributed by atoms with Gasteiger partial charge in [-0.15, -0.1) is 0 Å². The van der Waals surface area contributed by atoms with Crippen LogP contribution < -0.4 is 5.32 Å². The standard InChI is InChI=1S/C19H31NS/c1-14-10-15(2)19(16(3)11-14)12-17(20-4)13-21-18-8-6-5-7-9-18/h10-11,17-18,20H,5-9,12-13H2,1-4H3. The van der Waals surface area contributed by atoms with Gasteiger partial charge in [0.15, 0.2) is 0 Å². The van der Waals surface area contributed by atoms with Gasteiger partial charge in [0, 0.05) is 17.0 Å². The normalized spacial score (nSPS) is 17.9. The SMILES string of the molecule is CNC(CSC1CCCCC1)Cc1c(C)cc(C)cc1C. The largest absolute Gasteiger partial charge is 0.316 e. The number of thioether (sulfide) groups is 1. The Bertz CT molecular complexity index is 426. The van der Waals surface area contributed by atoms with E-state index in [2.05, 4.69) is 57.0 Å². The summed E-state index contributed by atoms with van der Waals surface area (Å²) < 4.78 is 0. The molecular formula is C19H31NS. The lowest BCUT2D eigenvalue weighted by atomic mass is 9.95. The molecule has 0 spiro atoms. The van der Waals surface area contributed by atoms with E-state index in [0.717, 1.165) is 11.7 Å². The van der Waals surface area contributed by atoms with E-state index in [-0.39, 0.29) is 0 Å². The van der Waals surface area contributed by atoms with E-state index in [1.165, 1.54) is 54.5 Å². The van der Waals surface area contributed by atoms with E-state index in [1.54, 1.807) is 5.56 Å². The third-order valence-corrected chi connectivity index (χ3v) is 6.32. The van der Waals surface area contributed by atoms with E-state index < -0.39 is 0 Å². The summed E-state index contributed by atoms with van der Waals surface area (Å²) in [6, 6.07) is 5.24. The van der Waals surface area contributed by atoms with Crippen LogP contribution in [0, 0.1) is 20.8 Å². The molecule has 1 aromatic rings. The Morgan fingerprint density at radius 3 is 2.29 bits per heavy atom. The van der Waals surface area contributed by atoms with Gasteiger partial charge in [-0.05, 0) is 63.8 Å². The number of likely N-dealkylation sites (N-methyl/N-ethyl adjacent to an activating group) is 1. The molecule has 118 valence electrons. The van der Waals surface area contributed by atoms with E-state index >= 15 is 0 Å². The van der Waals surface area contributed by atoms with Crippen molar-refractivity contribution in [3.63, 3.8) is 0 Å². The van der Waals surface area contributed by atoms with Gasteiger partial charge in [0.2, 0.25) is 0 Å². The van der Waals surface area contributed by atoms with Crippen LogP contribution in [0.2, 0.25) is 0 Å². The lowest BCUT2D eigenvalue weighted by molar-refractivity contribution is 0.514. The predicted molar refractivity (Wildman–Crippen MR) is 96.5 cm³/mol. The maximum atomic E-state index is 3.54. The second-order valence-corrected chi connectivity index (χ2v) is 7.99. The molecule has 0 aromatic heterocycles. The molecule has 0 radical (unpaired) electrons. The number of aryl methyl sites for hydroxylation is 3. The van der Waals surface area contributed by atoms with Crippen molar-refractivity contribution in [1.29, 1.82) is 0 Å². The summed E-state index contributed by atoms with van der Waals surface area (Å²) in [6.07, 6.45) is 8.37. The number of hydrogen-bond donors (Lipinski definition) is 1. The summed E-state index contributed by atoms with van der Waals surface area (Å²) in [6.45, 7) is 6.71. The topological polar surface area (TPSA) is 12.0 Å². The van der Waals surface area contributed by atoms with Crippen LogP contribution in [0.3, 0.4) is 0 Å². The molecule has 1 aromatic carbocycles. The van der Waals surface area contributed by atoms with E-state index in [4.69, 9.17) is 0 Å². The summed E-state index contributed by atoms with van der Waals surface area (Å²) in [5, 5.41) is 4.45. The molecule has 0 saturated heterocycles. The monoisotopic (exact) mass is 305 g/mol. The van der Waals surface area contributed by atoms with Crippen molar-refractivity contribution in [3.8, 4) is 0 Å². The fourth-order valence-electron chi connectivity index (χ4n) is 3.51. The van der Waals surface area contributed by atoms with Crippen LogP contribution in [-0.4, -0.2) is 24.1 Å². The zero-order valence-electron chi connectivity index (χ0n) is 14.2. The number of hydrogen-bond acceptors (Lipinski definition) is 2. The maximum Gasteiger partial charge on any atom is 0.0195 e. The Morgan fingerprint density at radius 1 is 1.10 bits per heavy atom. The van der Waals surface area contributed by atoms with Gasteiger partial charge in [-0.2, -0.15) is 11.8 Å². The molecule has 0 amide bonds. The Kier molecular flexibility index (Phi) is 6.63. The molecular weight excluding hydrogens is 274 g/mol. The molecule has 1 nitrogen and oxygen atoms in total. The quantitative estimate of drug-likeness (QED) is 0.809. The number of benzene rings is 1. The van der Waals surface area contributed by atoms with Crippen molar-refractivity contribution < 1.29 is 0 Å². The van der Waals surface area contributed by atoms with Gasteiger partial charge in [0.1, 0.15) is 0 Å². The molecule has 1 saturated carbocycles. The predicted octanol–water partition coefficient (Wildman–Crippen LogP) is 4.81. The summed E-state index contributed by atoms with van der Waals surface area (Å²) in [7, 11) is 2.12. The zero-order valence-corrected chi connectivity index (χ0v) is 15.0. The van der Waals surface area contributed by atoms with Crippen molar-refractivity contribution in [2.24, 2.45) is 0 Å². The van der Waals surface area contributed by atoms with Crippen LogP contribution in [0.15, 0.2) is 12.1 Å². The fourth-order valence-corrected chi connectivity index (χ4v) is 4.96. The lowest BCUT2D eigenvalue weighted by Crippen LogP contribution is -2.31. The number of rotatable bonds is 6. The van der Waals surface area contributed by atoms with Crippen LogP contribution >= 0.6 is 11.8 Å². The molecule has 1 aliphatic carbocycles. The highest BCUT2D eigenvalue weighted by atomic mass is 32.2. The molecule has 1 aliphatic rings. The van der Waals surface area contributed by atoms with E-state index in [1.807, 2.05) is 0 Å². The van der Waals surface area contributed by atoms with E-state index in [0.29, 0.717) is 6.04 Å². The average Bonchev–Trinajstić information content (AvgIpc) is 2.47. The first-order valence-electron chi connectivity index (χ1n) is 8.45. The van der Waals surface area contributed by atoms with Crippen LogP contribution in [0.4, 0.5) is 0 Å². The molecule has 1 unspecified atom stereocenters. The summed E-state index contributed by atoms with van der Waals surface area (Å²) in [5.74, 6) is 1.24. The highest BCUT2D eigenvalue weighted by Gasteiger charge is 2.17.